The van der Waals surface area contributed by atoms with E-state index in [1.807, 2.05) is 17.0 Å². The topological polar surface area (TPSA) is 65.6 Å². The first kappa shape index (κ1) is 17.2. The van der Waals surface area contributed by atoms with Crippen LogP contribution in [0.3, 0.4) is 0 Å². The third kappa shape index (κ3) is 3.27. The summed E-state index contributed by atoms with van der Waals surface area (Å²) in [6.45, 7) is 6.27. The number of aromatic nitrogens is 1. The molecule has 0 spiro atoms. The number of pyridine rings is 1. The summed E-state index contributed by atoms with van der Waals surface area (Å²) in [6.07, 6.45) is 2.15. The third-order valence-electron chi connectivity index (χ3n) is 5.62. The van der Waals surface area contributed by atoms with Gasteiger partial charge in [-0.3, -0.25) is 14.5 Å². The summed E-state index contributed by atoms with van der Waals surface area (Å²) in [5.41, 5.74) is 1.02. The van der Waals surface area contributed by atoms with Crippen LogP contribution >= 0.6 is 0 Å². The van der Waals surface area contributed by atoms with Gasteiger partial charge in [-0.25, -0.2) is 0 Å². The maximum Gasteiger partial charge on any atom is 0.256 e. The summed E-state index contributed by atoms with van der Waals surface area (Å²) in [7, 11) is 0. The Morgan fingerprint density at radius 3 is 2.73 bits per heavy atom. The molecular weight excluding hydrogens is 330 g/mol. The number of ether oxygens (including phenoxy) is 1. The van der Waals surface area contributed by atoms with Gasteiger partial charge in [0.25, 0.3) is 5.91 Å². The molecule has 6 heteroatoms. The number of carbonyl (C=O) groups is 1. The number of carbonyl (C=O) groups excluding carboxylic acids is 1. The third-order valence-corrected chi connectivity index (χ3v) is 5.62. The predicted octanol–water partition coefficient (Wildman–Crippen LogP) is 1.85. The Morgan fingerprint density at radius 2 is 1.96 bits per heavy atom. The van der Waals surface area contributed by atoms with Crippen molar-refractivity contribution in [1.29, 1.82) is 0 Å². The molecule has 0 aliphatic carbocycles. The monoisotopic (exact) mass is 355 g/mol. The van der Waals surface area contributed by atoms with E-state index in [4.69, 9.17) is 4.74 Å². The van der Waals surface area contributed by atoms with E-state index >= 15 is 0 Å². The summed E-state index contributed by atoms with van der Waals surface area (Å²) in [5.74, 6) is -0.00317. The van der Waals surface area contributed by atoms with Crippen molar-refractivity contribution >= 4 is 16.8 Å². The SMILES string of the molecule is C[C@@H]1CN(C2CCOCC2)CCN1C(=O)c1cccc2ccc(=O)[nH]c12. The molecular formula is C20H25N3O3. The maximum atomic E-state index is 13.2. The minimum atomic E-state index is -0.185. The van der Waals surface area contributed by atoms with Crippen LogP contribution in [0.5, 0.6) is 0 Å². The normalized spacial score (nSPS) is 22.7. The number of hydrogen-bond donors (Lipinski definition) is 1. The number of fused-ring (bicyclic) bond motifs is 1. The van der Waals surface area contributed by atoms with Crippen molar-refractivity contribution in [2.75, 3.05) is 32.8 Å². The van der Waals surface area contributed by atoms with Crippen LogP contribution in [-0.2, 0) is 4.74 Å². The average molecular weight is 355 g/mol. The number of amides is 1. The van der Waals surface area contributed by atoms with Crippen molar-refractivity contribution < 1.29 is 9.53 Å². The lowest BCUT2D eigenvalue weighted by atomic mass is 10.0. The summed E-state index contributed by atoms with van der Waals surface area (Å²) in [6, 6.07) is 9.55. The number of rotatable bonds is 2. The second kappa shape index (κ2) is 7.21. The highest BCUT2D eigenvalue weighted by Gasteiger charge is 2.32. The molecule has 2 aliphatic heterocycles. The zero-order chi connectivity index (χ0) is 18.1. The van der Waals surface area contributed by atoms with Crippen molar-refractivity contribution in [3.8, 4) is 0 Å². The van der Waals surface area contributed by atoms with Crippen LogP contribution in [0.4, 0.5) is 0 Å². The number of nitrogens with zero attached hydrogens (tertiary/aromatic N) is 2. The van der Waals surface area contributed by atoms with Crippen LogP contribution in [-0.4, -0.2) is 65.6 Å². The minimum Gasteiger partial charge on any atom is -0.381 e. The van der Waals surface area contributed by atoms with Crippen LogP contribution in [0.15, 0.2) is 35.1 Å². The van der Waals surface area contributed by atoms with Gasteiger partial charge in [0.15, 0.2) is 0 Å². The molecule has 1 amide bonds. The molecule has 2 fully saturated rings. The number of hydrogen-bond acceptors (Lipinski definition) is 4. The highest BCUT2D eigenvalue weighted by Crippen LogP contribution is 2.23. The minimum absolute atomic E-state index is 0.00317. The number of aromatic amines is 1. The van der Waals surface area contributed by atoms with Gasteiger partial charge in [-0.1, -0.05) is 12.1 Å². The summed E-state index contributed by atoms with van der Waals surface area (Å²) >= 11 is 0. The van der Waals surface area contributed by atoms with Crippen molar-refractivity contribution in [2.45, 2.75) is 31.8 Å². The summed E-state index contributed by atoms with van der Waals surface area (Å²) in [5, 5.41) is 0.879. The van der Waals surface area contributed by atoms with E-state index in [0.29, 0.717) is 23.7 Å². The lowest BCUT2D eigenvalue weighted by Gasteiger charge is -2.44. The van der Waals surface area contributed by atoms with Gasteiger partial charge in [-0.15, -0.1) is 0 Å². The van der Waals surface area contributed by atoms with E-state index in [9.17, 15) is 9.59 Å². The highest BCUT2D eigenvalue weighted by molar-refractivity contribution is 6.05. The maximum absolute atomic E-state index is 13.2. The Hall–Kier alpha value is -2.18. The van der Waals surface area contributed by atoms with E-state index < -0.39 is 0 Å². The van der Waals surface area contributed by atoms with E-state index in [-0.39, 0.29) is 17.5 Å². The lowest BCUT2D eigenvalue weighted by molar-refractivity contribution is 0.000762. The highest BCUT2D eigenvalue weighted by atomic mass is 16.5. The van der Waals surface area contributed by atoms with Gasteiger partial charge in [0.05, 0.1) is 11.1 Å². The molecule has 0 radical (unpaired) electrons. The molecule has 26 heavy (non-hydrogen) atoms. The Labute approximate surface area is 152 Å². The van der Waals surface area contributed by atoms with E-state index in [2.05, 4.69) is 16.8 Å². The summed E-state index contributed by atoms with van der Waals surface area (Å²) in [4.78, 5) is 32.2. The van der Waals surface area contributed by atoms with Gasteiger partial charge in [0.1, 0.15) is 0 Å². The fourth-order valence-corrected chi connectivity index (χ4v) is 4.18. The van der Waals surface area contributed by atoms with Gasteiger partial charge in [-0.2, -0.15) is 0 Å². The van der Waals surface area contributed by atoms with Gasteiger partial charge in [-0.05, 0) is 37.3 Å². The zero-order valence-electron chi connectivity index (χ0n) is 15.1. The molecule has 2 aromatic rings. The van der Waals surface area contributed by atoms with Gasteiger partial charge >= 0.3 is 0 Å². The molecule has 1 atom stereocenters. The van der Waals surface area contributed by atoms with Crippen molar-refractivity contribution in [3.63, 3.8) is 0 Å². The predicted molar refractivity (Wildman–Crippen MR) is 100 cm³/mol. The Bertz CT molecular complexity index is 857. The first-order valence-corrected chi connectivity index (χ1v) is 9.38. The van der Waals surface area contributed by atoms with Crippen LogP contribution < -0.4 is 5.56 Å². The number of piperazine rings is 1. The second-order valence-corrected chi connectivity index (χ2v) is 7.28. The molecule has 1 aromatic heterocycles. The van der Waals surface area contributed by atoms with Gasteiger partial charge in [0.2, 0.25) is 5.56 Å². The van der Waals surface area contributed by atoms with Crippen molar-refractivity contribution in [1.82, 2.24) is 14.8 Å². The number of H-pyrrole nitrogens is 1. The zero-order valence-corrected chi connectivity index (χ0v) is 15.1. The molecule has 0 unspecified atom stereocenters. The van der Waals surface area contributed by atoms with Crippen molar-refractivity contribution in [2.24, 2.45) is 0 Å². The first-order valence-electron chi connectivity index (χ1n) is 9.38. The molecule has 138 valence electrons. The molecule has 0 saturated carbocycles. The van der Waals surface area contributed by atoms with Gasteiger partial charge < -0.3 is 14.6 Å². The Balaban J connectivity index is 1.54. The fourth-order valence-electron chi connectivity index (χ4n) is 4.18. The molecule has 3 heterocycles. The number of nitrogens with one attached hydrogen (secondary N) is 1. The van der Waals surface area contributed by atoms with Crippen LogP contribution in [0.2, 0.25) is 0 Å². The molecule has 4 rings (SSSR count). The lowest BCUT2D eigenvalue weighted by Crippen LogP contribution is -2.57. The average Bonchev–Trinajstić information content (AvgIpc) is 2.67. The summed E-state index contributed by atoms with van der Waals surface area (Å²) < 4.78 is 5.46. The standard InChI is InChI=1S/C20H25N3O3/c1-14-13-22(16-7-11-26-12-8-16)9-10-23(14)20(25)17-4-2-3-15-5-6-18(24)21-19(15)17/h2-6,14,16H,7-13H2,1H3,(H,21,24)/t14-/m1/s1. The second-order valence-electron chi connectivity index (χ2n) is 7.28. The van der Waals surface area contributed by atoms with E-state index in [0.717, 1.165) is 44.5 Å². The van der Waals surface area contributed by atoms with Crippen LogP contribution in [0.1, 0.15) is 30.1 Å². The molecule has 1 aromatic carbocycles. The van der Waals surface area contributed by atoms with Crippen LogP contribution in [0, 0.1) is 0 Å². The fraction of sp³-hybridized carbons (Fsp3) is 0.500. The quantitative estimate of drug-likeness (QED) is 0.893. The van der Waals surface area contributed by atoms with E-state index in [1.165, 1.54) is 6.07 Å². The molecule has 2 saturated heterocycles. The molecule has 1 N–H and O–H groups in total. The largest absolute Gasteiger partial charge is 0.381 e. The number of para-hydroxylation sites is 1. The van der Waals surface area contributed by atoms with Gasteiger partial charge in [0, 0.05) is 51.0 Å². The van der Waals surface area contributed by atoms with Crippen molar-refractivity contribution in [3.05, 3.63) is 46.2 Å². The van der Waals surface area contributed by atoms with Crippen LogP contribution in [0.25, 0.3) is 10.9 Å². The Morgan fingerprint density at radius 1 is 1.15 bits per heavy atom. The molecule has 0 bridgehead atoms. The first-order chi connectivity index (χ1) is 12.6. The molecule has 6 nitrogen and oxygen atoms in total. The van der Waals surface area contributed by atoms with E-state index in [1.54, 1.807) is 12.1 Å². The smallest absolute Gasteiger partial charge is 0.256 e. The molecule has 2 aliphatic rings. The Kier molecular flexibility index (Phi) is 4.78. The number of benzene rings is 1.